The lowest BCUT2D eigenvalue weighted by Crippen LogP contribution is -2.37. The fourth-order valence-electron chi connectivity index (χ4n) is 8.36. The Bertz CT molecular complexity index is 2100. The number of nitrogens with zero attached hydrogens (tertiary/aromatic N) is 1. The number of unbranched alkanes of at least 4 members (excludes halogenated alkanes) is 15. The maximum Gasteiger partial charge on any atom is 0.306 e. The number of ether oxygens (including phenoxy) is 2. The molecule has 484 valence electrons. The van der Waals surface area contributed by atoms with Gasteiger partial charge in [0.05, 0.1) is 27.7 Å². The van der Waals surface area contributed by atoms with E-state index in [1.54, 1.807) is 0 Å². The number of quaternary nitrogens is 1. The van der Waals surface area contributed by atoms with E-state index in [1.807, 2.05) is 21.1 Å². The van der Waals surface area contributed by atoms with E-state index >= 15 is 0 Å². The average Bonchev–Trinajstić information content (AvgIpc) is 3.56. The second-order valence-electron chi connectivity index (χ2n) is 22.7. The summed E-state index contributed by atoms with van der Waals surface area (Å²) in [6.45, 7) is 3.96. The number of likely N-dealkylation sites (N-methyl/N-ethyl adjacent to an activating group) is 1. The van der Waals surface area contributed by atoms with Gasteiger partial charge < -0.3 is 27.9 Å². The van der Waals surface area contributed by atoms with Gasteiger partial charge in [-0.3, -0.25) is 14.2 Å². The molecule has 0 aromatic rings. The lowest BCUT2D eigenvalue weighted by atomic mass is 10.0. The van der Waals surface area contributed by atoms with Crippen molar-refractivity contribution in [3.05, 3.63) is 182 Å². The Kier molecular flexibility index (Phi) is 60.9. The third-order valence-corrected chi connectivity index (χ3v) is 14.4. The van der Waals surface area contributed by atoms with Gasteiger partial charge in [0.25, 0.3) is 7.82 Å². The van der Waals surface area contributed by atoms with Crippen LogP contribution in [0.5, 0.6) is 0 Å². The third kappa shape index (κ3) is 68.2. The summed E-state index contributed by atoms with van der Waals surface area (Å²) in [4.78, 5) is 38.0. The predicted molar refractivity (Wildman–Crippen MR) is 369 cm³/mol. The fraction of sp³-hybridized carbons (Fsp3) is 0.579. The normalized spacial score (nSPS) is 14.3. The number of hydrogen-bond acceptors (Lipinski definition) is 8. The van der Waals surface area contributed by atoms with Gasteiger partial charge >= 0.3 is 11.9 Å². The second kappa shape index (κ2) is 64.6. The number of esters is 2. The number of allylic oxidation sites excluding steroid dienone is 30. The lowest BCUT2D eigenvalue weighted by molar-refractivity contribution is -0.870. The van der Waals surface area contributed by atoms with Crippen LogP contribution < -0.4 is 4.89 Å². The zero-order valence-corrected chi connectivity index (χ0v) is 55.8. The van der Waals surface area contributed by atoms with Crippen molar-refractivity contribution < 1.29 is 42.1 Å². The van der Waals surface area contributed by atoms with Crippen LogP contribution in [0.1, 0.15) is 232 Å². The SMILES string of the molecule is CC/C=C\C/C=C\C/C=C\C/C=C\C/C=C\C/C=C\C/C=C\C/C=C\CCCCCCCCCCCCC(=O)OC(COC(=O)CCCCCCC/C=C\C/C=C\C/C=C\C/C=C\C/C=C\C/C=C\C/C=C\CC)COP(=O)([O-])OCC[N+](C)(C)C. The molecular weight excluding hydrogens is 1090 g/mol. The highest BCUT2D eigenvalue weighted by Crippen LogP contribution is 2.38. The smallest absolute Gasteiger partial charge is 0.306 e. The van der Waals surface area contributed by atoms with Gasteiger partial charge in [-0.05, 0) is 135 Å². The van der Waals surface area contributed by atoms with Crippen molar-refractivity contribution in [1.82, 2.24) is 0 Å². The van der Waals surface area contributed by atoms with E-state index in [2.05, 4.69) is 196 Å². The molecule has 9 nitrogen and oxygen atoms in total. The summed E-state index contributed by atoms with van der Waals surface area (Å²) in [7, 11) is 1.12. The minimum atomic E-state index is -4.66. The zero-order valence-electron chi connectivity index (χ0n) is 54.9. The minimum absolute atomic E-state index is 0.0455. The molecule has 0 amide bonds. The van der Waals surface area contributed by atoms with Crippen LogP contribution in [-0.2, 0) is 32.7 Å². The summed E-state index contributed by atoms with van der Waals surface area (Å²) >= 11 is 0. The molecule has 0 rings (SSSR count). The number of carbonyl (C=O) groups is 2. The van der Waals surface area contributed by atoms with E-state index in [0.29, 0.717) is 23.9 Å². The molecule has 0 aliphatic carbocycles. The first-order valence-corrected chi connectivity index (χ1v) is 35.0. The van der Waals surface area contributed by atoms with Gasteiger partial charge in [-0.25, -0.2) is 0 Å². The Morgan fingerprint density at radius 3 is 0.930 bits per heavy atom. The second-order valence-corrected chi connectivity index (χ2v) is 24.1. The van der Waals surface area contributed by atoms with E-state index in [-0.39, 0.29) is 26.1 Å². The van der Waals surface area contributed by atoms with Crippen molar-refractivity contribution in [3.8, 4) is 0 Å². The molecule has 0 aromatic heterocycles. The number of phosphoric ester groups is 1. The van der Waals surface area contributed by atoms with Gasteiger partial charge in [0, 0.05) is 12.8 Å². The Morgan fingerprint density at radius 2 is 0.628 bits per heavy atom. The van der Waals surface area contributed by atoms with Crippen LogP contribution in [-0.4, -0.2) is 70.0 Å². The first-order chi connectivity index (χ1) is 42.0. The third-order valence-electron chi connectivity index (χ3n) is 13.4. The highest BCUT2D eigenvalue weighted by molar-refractivity contribution is 7.45. The Hall–Kier alpha value is -4.89. The molecular formula is C76H122NO8P. The quantitative estimate of drug-likeness (QED) is 0.0195. The lowest BCUT2D eigenvalue weighted by Gasteiger charge is -2.28. The fourth-order valence-corrected chi connectivity index (χ4v) is 9.09. The van der Waals surface area contributed by atoms with E-state index in [1.165, 1.54) is 38.5 Å². The molecule has 0 aromatic carbocycles. The summed E-state index contributed by atoms with van der Waals surface area (Å²) < 4.78 is 34.2. The summed E-state index contributed by atoms with van der Waals surface area (Å²) in [5, 5.41) is 0. The monoisotopic (exact) mass is 1210 g/mol. The summed E-state index contributed by atoms with van der Waals surface area (Å²) in [5.41, 5.74) is 0. The molecule has 0 saturated heterocycles. The topological polar surface area (TPSA) is 111 Å². The van der Waals surface area contributed by atoms with Gasteiger partial charge in [-0.15, -0.1) is 0 Å². The molecule has 86 heavy (non-hydrogen) atoms. The first kappa shape index (κ1) is 81.1. The van der Waals surface area contributed by atoms with Crippen molar-refractivity contribution in [1.29, 1.82) is 0 Å². The van der Waals surface area contributed by atoms with Crippen LogP contribution >= 0.6 is 7.82 Å². The maximum absolute atomic E-state index is 12.9. The molecule has 0 heterocycles. The minimum Gasteiger partial charge on any atom is -0.756 e. The summed E-state index contributed by atoms with van der Waals surface area (Å²) in [6.07, 6.45) is 99.5. The van der Waals surface area contributed by atoms with Crippen LogP contribution in [0.4, 0.5) is 0 Å². The van der Waals surface area contributed by atoms with Crippen molar-refractivity contribution >= 4 is 19.8 Å². The van der Waals surface area contributed by atoms with Crippen molar-refractivity contribution in [2.75, 3.05) is 47.5 Å². The Labute approximate surface area is 527 Å². The van der Waals surface area contributed by atoms with Gasteiger partial charge in [-0.1, -0.05) is 267 Å². The standard InChI is InChI=1S/C76H122NO8P/c1-6-8-10-12-14-16-18-20-22-24-26-28-30-32-34-35-36-37-38-39-40-41-43-45-47-49-51-53-55-57-59-61-63-65-67-69-76(79)85-74(73-84-86(80,81)83-71-70-77(3,4)5)72-82-75(78)68-66-64-62-60-58-56-54-52-50-48-46-44-42-33-31-29-27-25-23-21-19-17-15-13-11-9-7-2/h8-11,14-17,20-23,26-29,32-34,36-37,39-40,42-43,45-46,48,52,54,74H,6-7,12-13,18-19,24-25,30-31,35,38,41,44,47,49-51,53,55-73H2,1-5H3/b10-8-,11-9-,16-14-,17-15-,22-20-,23-21-,28-26-,29-27-,34-32-,37-36-,40-39-,42-33-,45-43-,48-46-,54-52-. The number of phosphoric acid groups is 1. The Morgan fingerprint density at radius 1 is 0.360 bits per heavy atom. The van der Waals surface area contributed by atoms with Gasteiger partial charge in [0.1, 0.15) is 19.8 Å². The van der Waals surface area contributed by atoms with Gasteiger partial charge in [0.2, 0.25) is 0 Å². The van der Waals surface area contributed by atoms with Crippen LogP contribution in [0, 0.1) is 0 Å². The van der Waals surface area contributed by atoms with Gasteiger partial charge in [0.15, 0.2) is 6.10 Å². The molecule has 10 heteroatoms. The van der Waals surface area contributed by atoms with E-state index < -0.39 is 32.5 Å². The molecule has 2 atom stereocenters. The van der Waals surface area contributed by atoms with Crippen LogP contribution in [0.3, 0.4) is 0 Å². The Balaban J connectivity index is 4.20. The molecule has 0 saturated carbocycles. The number of rotatable bonds is 59. The maximum atomic E-state index is 12.9. The highest BCUT2D eigenvalue weighted by Gasteiger charge is 2.22. The number of carbonyl (C=O) groups excluding carboxylic acids is 2. The summed E-state index contributed by atoms with van der Waals surface area (Å²) in [6, 6.07) is 0. The van der Waals surface area contributed by atoms with Crippen molar-refractivity contribution in [2.45, 2.75) is 238 Å². The van der Waals surface area contributed by atoms with Crippen molar-refractivity contribution in [2.24, 2.45) is 0 Å². The molecule has 0 spiro atoms. The highest BCUT2D eigenvalue weighted by atomic mass is 31.2. The van der Waals surface area contributed by atoms with Crippen LogP contribution in [0.2, 0.25) is 0 Å². The molecule has 0 bridgehead atoms. The van der Waals surface area contributed by atoms with E-state index in [0.717, 1.165) is 154 Å². The largest absolute Gasteiger partial charge is 0.756 e. The van der Waals surface area contributed by atoms with Crippen LogP contribution in [0.25, 0.3) is 0 Å². The number of hydrogen-bond donors (Lipinski definition) is 0. The molecule has 0 aliphatic rings. The van der Waals surface area contributed by atoms with E-state index in [4.69, 9.17) is 18.5 Å². The van der Waals surface area contributed by atoms with Gasteiger partial charge in [-0.2, -0.15) is 0 Å². The van der Waals surface area contributed by atoms with Crippen LogP contribution in [0.15, 0.2) is 182 Å². The summed E-state index contributed by atoms with van der Waals surface area (Å²) in [5.74, 6) is -0.874. The zero-order chi connectivity index (χ0) is 62.6. The molecule has 0 N–H and O–H groups in total. The first-order valence-electron chi connectivity index (χ1n) is 33.5. The predicted octanol–water partition coefficient (Wildman–Crippen LogP) is 21.3. The molecule has 0 aliphatic heterocycles. The molecule has 0 fully saturated rings. The molecule has 2 unspecified atom stereocenters. The van der Waals surface area contributed by atoms with E-state index in [9.17, 15) is 19.0 Å². The average molecular weight is 1210 g/mol. The molecule has 0 radical (unpaired) electrons. The van der Waals surface area contributed by atoms with Crippen molar-refractivity contribution in [3.63, 3.8) is 0 Å².